The van der Waals surface area contributed by atoms with Crippen LogP contribution < -0.4 is 10.6 Å². The Labute approximate surface area is 126 Å². The number of aryl methyl sites for hydroxylation is 1. The second-order valence-electron chi connectivity index (χ2n) is 4.19. The Morgan fingerprint density at radius 3 is 2.90 bits per heavy atom. The van der Waals surface area contributed by atoms with Gasteiger partial charge in [0.15, 0.2) is 0 Å². The molecule has 0 aliphatic heterocycles. The predicted octanol–water partition coefficient (Wildman–Crippen LogP) is 3.98. The molecule has 2 rings (SSSR count). The Hall–Kier alpha value is -1.78. The molecule has 1 aromatic carbocycles. The number of fused-ring (bicyclic) bond motifs is 1. The van der Waals surface area contributed by atoms with Gasteiger partial charge in [-0.15, -0.1) is 0 Å². The molecular formula is C14H13Cl2N3O. The van der Waals surface area contributed by atoms with Crippen molar-refractivity contribution in [3.05, 3.63) is 46.6 Å². The van der Waals surface area contributed by atoms with Crippen LogP contribution in [-0.4, -0.2) is 17.6 Å². The summed E-state index contributed by atoms with van der Waals surface area (Å²) in [6.45, 7) is 2.06. The summed E-state index contributed by atoms with van der Waals surface area (Å²) in [4.78, 5) is 16.2. The van der Waals surface area contributed by atoms with Crippen molar-refractivity contribution in [3.63, 3.8) is 0 Å². The minimum absolute atomic E-state index is 0.179. The largest absolute Gasteiger partial charge is 0.333 e. The lowest BCUT2D eigenvalue weighted by atomic mass is 10.1. The van der Waals surface area contributed by atoms with E-state index in [0.29, 0.717) is 10.7 Å². The van der Waals surface area contributed by atoms with Crippen LogP contribution in [0, 0.1) is 6.92 Å². The maximum absolute atomic E-state index is 11.8. The van der Waals surface area contributed by atoms with E-state index in [2.05, 4.69) is 15.6 Å². The SMILES string of the molecule is Cc1cc(NC(=O)NCC(Cl)=CCl)c2ccccc2n1. The van der Waals surface area contributed by atoms with Gasteiger partial charge in [0.2, 0.25) is 0 Å². The molecule has 0 radical (unpaired) electrons. The molecule has 2 N–H and O–H groups in total. The summed E-state index contributed by atoms with van der Waals surface area (Å²) in [5.74, 6) is 0. The fourth-order valence-electron chi connectivity index (χ4n) is 1.78. The van der Waals surface area contributed by atoms with Crippen molar-refractivity contribution in [3.8, 4) is 0 Å². The number of amides is 2. The number of hydrogen-bond donors (Lipinski definition) is 2. The molecule has 6 heteroatoms. The number of urea groups is 1. The molecular weight excluding hydrogens is 297 g/mol. The molecule has 0 fully saturated rings. The summed E-state index contributed by atoms with van der Waals surface area (Å²) in [7, 11) is 0. The molecule has 1 aromatic heterocycles. The van der Waals surface area contributed by atoms with E-state index in [1.54, 1.807) is 0 Å². The van der Waals surface area contributed by atoms with Gasteiger partial charge in [-0.05, 0) is 19.1 Å². The van der Waals surface area contributed by atoms with Crippen molar-refractivity contribution < 1.29 is 4.79 Å². The Bertz CT molecular complexity index is 671. The van der Waals surface area contributed by atoms with Gasteiger partial charge in [-0.25, -0.2) is 4.79 Å². The molecule has 0 bridgehead atoms. The van der Waals surface area contributed by atoms with Crippen molar-refractivity contribution in [2.45, 2.75) is 6.92 Å². The number of nitrogens with zero attached hydrogens (tertiary/aromatic N) is 1. The van der Waals surface area contributed by atoms with Crippen molar-refractivity contribution in [1.29, 1.82) is 0 Å². The summed E-state index contributed by atoms with van der Waals surface area (Å²) in [5.41, 5.74) is 3.59. The summed E-state index contributed by atoms with van der Waals surface area (Å²) in [6, 6.07) is 9.08. The first-order valence-corrected chi connectivity index (χ1v) is 6.77. The maximum atomic E-state index is 11.8. The van der Waals surface area contributed by atoms with Crippen LogP contribution in [0.1, 0.15) is 5.69 Å². The van der Waals surface area contributed by atoms with E-state index in [-0.39, 0.29) is 12.6 Å². The summed E-state index contributed by atoms with van der Waals surface area (Å²) in [6.07, 6.45) is 0. The smallest absolute Gasteiger partial charge is 0.319 e. The molecule has 0 unspecified atom stereocenters. The maximum Gasteiger partial charge on any atom is 0.319 e. The number of nitrogens with one attached hydrogen (secondary N) is 2. The fourth-order valence-corrected chi connectivity index (χ4v) is 1.92. The van der Waals surface area contributed by atoms with Crippen LogP contribution in [0.25, 0.3) is 10.9 Å². The molecule has 2 aromatic rings. The predicted molar refractivity (Wildman–Crippen MR) is 83.3 cm³/mol. The zero-order chi connectivity index (χ0) is 14.5. The van der Waals surface area contributed by atoms with Gasteiger partial charge < -0.3 is 10.6 Å². The highest BCUT2D eigenvalue weighted by atomic mass is 35.5. The molecule has 0 aliphatic carbocycles. The van der Waals surface area contributed by atoms with E-state index in [1.807, 2.05) is 37.3 Å². The van der Waals surface area contributed by atoms with Crippen molar-refractivity contribution in [2.75, 3.05) is 11.9 Å². The highest BCUT2D eigenvalue weighted by molar-refractivity contribution is 6.36. The number of rotatable bonds is 3. The number of hydrogen-bond acceptors (Lipinski definition) is 2. The molecule has 0 atom stereocenters. The third-order valence-corrected chi connectivity index (χ3v) is 3.25. The van der Waals surface area contributed by atoms with E-state index in [1.165, 1.54) is 5.54 Å². The van der Waals surface area contributed by atoms with Crippen LogP contribution in [0.4, 0.5) is 10.5 Å². The first kappa shape index (κ1) is 14.6. The molecule has 0 spiro atoms. The van der Waals surface area contributed by atoms with Crippen molar-refractivity contribution >= 4 is 45.8 Å². The number of benzene rings is 1. The van der Waals surface area contributed by atoms with Gasteiger partial charge in [-0.1, -0.05) is 41.4 Å². The summed E-state index contributed by atoms with van der Waals surface area (Å²) < 4.78 is 0. The minimum atomic E-state index is -0.350. The fraction of sp³-hybridized carbons (Fsp3) is 0.143. The molecule has 104 valence electrons. The summed E-state index contributed by atoms with van der Waals surface area (Å²) in [5, 5.41) is 6.64. The molecule has 1 heterocycles. The zero-order valence-corrected chi connectivity index (χ0v) is 12.3. The highest BCUT2D eigenvalue weighted by Gasteiger charge is 2.07. The topological polar surface area (TPSA) is 54.0 Å². The lowest BCUT2D eigenvalue weighted by Gasteiger charge is -2.10. The van der Waals surface area contributed by atoms with Gasteiger partial charge in [0.1, 0.15) is 0 Å². The monoisotopic (exact) mass is 309 g/mol. The van der Waals surface area contributed by atoms with Crippen molar-refractivity contribution in [1.82, 2.24) is 10.3 Å². The van der Waals surface area contributed by atoms with Crippen LogP contribution >= 0.6 is 23.2 Å². The highest BCUT2D eigenvalue weighted by Crippen LogP contribution is 2.22. The van der Waals surface area contributed by atoms with E-state index < -0.39 is 0 Å². The van der Waals surface area contributed by atoms with Gasteiger partial charge in [0, 0.05) is 21.6 Å². The normalized spacial score (nSPS) is 11.4. The van der Waals surface area contributed by atoms with Crippen LogP contribution in [0.2, 0.25) is 0 Å². The second-order valence-corrected chi connectivity index (χ2v) is 4.90. The Morgan fingerprint density at radius 1 is 1.40 bits per heavy atom. The van der Waals surface area contributed by atoms with E-state index in [0.717, 1.165) is 16.6 Å². The third kappa shape index (κ3) is 3.62. The van der Waals surface area contributed by atoms with Gasteiger partial charge in [0.25, 0.3) is 0 Å². The number of anilines is 1. The van der Waals surface area contributed by atoms with Gasteiger partial charge in [-0.2, -0.15) is 0 Å². The average molecular weight is 310 g/mol. The molecule has 20 heavy (non-hydrogen) atoms. The first-order valence-electron chi connectivity index (χ1n) is 5.96. The van der Waals surface area contributed by atoms with Gasteiger partial charge in [0.05, 0.1) is 17.7 Å². The first-order chi connectivity index (χ1) is 9.60. The number of para-hydroxylation sites is 1. The molecule has 2 amide bonds. The number of pyridine rings is 1. The number of carbonyl (C=O) groups is 1. The number of halogens is 2. The van der Waals surface area contributed by atoms with Crippen LogP contribution in [-0.2, 0) is 0 Å². The van der Waals surface area contributed by atoms with Crippen LogP contribution in [0.5, 0.6) is 0 Å². The standard InChI is InChI=1S/C14H13Cl2N3O/c1-9-6-13(11-4-2-3-5-12(11)18-9)19-14(20)17-8-10(16)7-15/h2-7H,8H2,1H3,(H2,17,18,19,20). The molecule has 0 saturated heterocycles. The number of aromatic nitrogens is 1. The Balaban J connectivity index is 2.19. The van der Waals surface area contributed by atoms with Gasteiger partial charge >= 0.3 is 6.03 Å². The average Bonchev–Trinajstić information content (AvgIpc) is 2.44. The number of carbonyl (C=O) groups excluding carboxylic acids is 1. The third-order valence-electron chi connectivity index (χ3n) is 2.63. The Morgan fingerprint density at radius 2 is 2.15 bits per heavy atom. The van der Waals surface area contributed by atoms with Gasteiger partial charge in [-0.3, -0.25) is 4.98 Å². The molecule has 0 aliphatic rings. The molecule has 0 saturated carbocycles. The quantitative estimate of drug-likeness (QED) is 0.901. The zero-order valence-electron chi connectivity index (χ0n) is 10.8. The van der Waals surface area contributed by atoms with Crippen molar-refractivity contribution in [2.24, 2.45) is 0 Å². The minimum Gasteiger partial charge on any atom is -0.333 e. The van der Waals surface area contributed by atoms with Crippen LogP contribution in [0.15, 0.2) is 40.9 Å². The van der Waals surface area contributed by atoms with E-state index >= 15 is 0 Å². The Kier molecular flexibility index (Phi) is 4.82. The summed E-state index contributed by atoms with van der Waals surface area (Å²) >= 11 is 11.1. The van der Waals surface area contributed by atoms with Crippen LogP contribution in [0.3, 0.4) is 0 Å². The van der Waals surface area contributed by atoms with E-state index in [9.17, 15) is 4.79 Å². The van der Waals surface area contributed by atoms with E-state index in [4.69, 9.17) is 23.2 Å². The molecule has 4 nitrogen and oxygen atoms in total. The second kappa shape index (κ2) is 6.59. The lowest BCUT2D eigenvalue weighted by molar-refractivity contribution is 0.253. The lowest BCUT2D eigenvalue weighted by Crippen LogP contribution is -2.29.